The molecule has 0 radical (unpaired) electrons. The Morgan fingerprint density at radius 3 is 3.12 bits per heavy atom. The lowest BCUT2D eigenvalue weighted by atomic mass is 10.0. The summed E-state index contributed by atoms with van der Waals surface area (Å²) in [5, 5.41) is 4.88. The highest BCUT2D eigenvalue weighted by Gasteiger charge is 2.23. The predicted molar refractivity (Wildman–Crippen MR) is 71.5 cm³/mol. The maximum atomic E-state index is 5.70. The molecule has 2 rings (SSSR count). The van der Waals surface area contributed by atoms with Crippen LogP contribution >= 0.6 is 11.3 Å². The molecule has 1 fully saturated rings. The summed E-state index contributed by atoms with van der Waals surface area (Å²) in [6.07, 6.45) is 5.75. The number of aryl methyl sites for hydroxylation is 1. The minimum Gasteiger partial charge on any atom is -0.378 e. The summed E-state index contributed by atoms with van der Waals surface area (Å²) in [5.41, 5.74) is 0. The lowest BCUT2D eigenvalue weighted by Crippen LogP contribution is -2.39. The van der Waals surface area contributed by atoms with Gasteiger partial charge in [0.05, 0.1) is 12.1 Å². The Hall–Kier alpha value is -0.450. The van der Waals surface area contributed by atoms with Crippen molar-refractivity contribution in [1.82, 2.24) is 10.3 Å². The Kier molecular flexibility index (Phi) is 4.54. The van der Waals surface area contributed by atoms with E-state index < -0.39 is 0 Å². The molecular formula is C13H22N2OS. The third-order valence-corrected chi connectivity index (χ3v) is 4.41. The predicted octanol–water partition coefficient (Wildman–Crippen LogP) is 3.06. The summed E-state index contributed by atoms with van der Waals surface area (Å²) < 4.78 is 5.70. The molecule has 1 aliphatic heterocycles. The number of ether oxygens (including phenoxy) is 1. The van der Waals surface area contributed by atoms with Crippen molar-refractivity contribution in [3.8, 4) is 0 Å². The summed E-state index contributed by atoms with van der Waals surface area (Å²) in [6.45, 7) is 7.39. The Balaban J connectivity index is 1.87. The summed E-state index contributed by atoms with van der Waals surface area (Å²) in [4.78, 5) is 5.73. The van der Waals surface area contributed by atoms with Crippen LogP contribution in [0.15, 0.2) is 6.20 Å². The van der Waals surface area contributed by atoms with Gasteiger partial charge in [0.2, 0.25) is 0 Å². The Morgan fingerprint density at radius 2 is 2.47 bits per heavy atom. The molecule has 0 saturated carbocycles. The van der Waals surface area contributed by atoms with Crippen LogP contribution in [0.25, 0.3) is 0 Å². The van der Waals surface area contributed by atoms with Gasteiger partial charge in [0.25, 0.3) is 0 Å². The van der Waals surface area contributed by atoms with E-state index in [9.17, 15) is 0 Å². The van der Waals surface area contributed by atoms with E-state index in [1.165, 1.54) is 9.88 Å². The van der Waals surface area contributed by atoms with Crippen LogP contribution in [0.3, 0.4) is 0 Å². The lowest BCUT2D eigenvalue weighted by Gasteiger charge is -2.31. The summed E-state index contributed by atoms with van der Waals surface area (Å²) in [7, 11) is 0. The van der Waals surface area contributed by atoms with E-state index in [0.29, 0.717) is 18.2 Å². The second-order valence-electron chi connectivity index (χ2n) is 4.82. The molecule has 1 N–H and O–H groups in total. The third kappa shape index (κ3) is 3.50. The quantitative estimate of drug-likeness (QED) is 0.896. The monoisotopic (exact) mass is 254 g/mol. The van der Waals surface area contributed by atoms with Gasteiger partial charge in [-0.2, -0.15) is 0 Å². The molecule has 1 aromatic heterocycles. The van der Waals surface area contributed by atoms with Gasteiger partial charge in [0.1, 0.15) is 5.01 Å². The average molecular weight is 254 g/mol. The van der Waals surface area contributed by atoms with Crippen molar-refractivity contribution in [3.05, 3.63) is 16.1 Å². The first kappa shape index (κ1) is 13.0. The van der Waals surface area contributed by atoms with E-state index in [1.54, 1.807) is 11.3 Å². The highest BCUT2D eigenvalue weighted by Crippen LogP contribution is 2.23. The SMILES string of the molecule is CCC1CC(NC(C)c2ncc(C)s2)CCO1. The Bertz CT molecular complexity index is 353. The minimum absolute atomic E-state index is 0.356. The molecule has 0 aromatic carbocycles. The van der Waals surface area contributed by atoms with Crippen molar-refractivity contribution in [1.29, 1.82) is 0 Å². The normalized spacial score (nSPS) is 27.0. The number of nitrogens with one attached hydrogen (secondary N) is 1. The number of rotatable bonds is 4. The van der Waals surface area contributed by atoms with Crippen LogP contribution in [0.2, 0.25) is 0 Å². The maximum absolute atomic E-state index is 5.70. The largest absolute Gasteiger partial charge is 0.378 e. The number of hydrogen-bond donors (Lipinski definition) is 1. The number of hydrogen-bond acceptors (Lipinski definition) is 4. The molecule has 1 saturated heterocycles. The molecule has 2 heterocycles. The lowest BCUT2D eigenvalue weighted by molar-refractivity contribution is -0.00165. The Labute approximate surface area is 108 Å². The van der Waals surface area contributed by atoms with Crippen LogP contribution in [-0.4, -0.2) is 23.7 Å². The van der Waals surface area contributed by atoms with Gasteiger partial charge in [-0.25, -0.2) is 4.98 Å². The molecule has 0 spiro atoms. The summed E-state index contributed by atoms with van der Waals surface area (Å²) in [6, 6.07) is 0.933. The van der Waals surface area contributed by atoms with Crippen molar-refractivity contribution in [2.45, 2.75) is 58.2 Å². The van der Waals surface area contributed by atoms with E-state index >= 15 is 0 Å². The van der Waals surface area contributed by atoms with E-state index in [1.807, 2.05) is 6.20 Å². The molecule has 17 heavy (non-hydrogen) atoms. The zero-order valence-electron chi connectivity index (χ0n) is 10.9. The molecule has 3 atom stereocenters. The van der Waals surface area contributed by atoms with Gasteiger partial charge in [-0.15, -0.1) is 11.3 Å². The molecule has 0 amide bonds. The smallest absolute Gasteiger partial charge is 0.109 e. The van der Waals surface area contributed by atoms with Gasteiger partial charge in [-0.1, -0.05) is 6.92 Å². The molecule has 3 unspecified atom stereocenters. The van der Waals surface area contributed by atoms with Crippen LogP contribution in [0, 0.1) is 6.92 Å². The summed E-state index contributed by atoms with van der Waals surface area (Å²) in [5.74, 6) is 0. The average Bonchev–Trinajstić information content (AvgIpc) is 2.76. The van der Waals surface area contributed by atoms with Gasteiger partial charge < -0.3 is 10.1 Å². The zero-order chi connectivity index (χ0) is 12.3. The first-order valence-electron chi connectivity index (χ1n) is 6.49. The molecule has 4 heteroatoms. The van der Waals surface area contributed by atoms with Crippen LogP contribution in [-0.2, 0) is 4.74 Å². The van der Waals surface area contributed by atoms with Gasteiger partial charge in [-0.3, -0.25) is 0 Å². The van der Waals surface area contributed by atoms with Crippen LogP contribution in [0.1, 0.15) is 49.0 Å². The van der Waals surface area contributed by atoms with Crippen LogP contribution in [0.5, 0.6) is 0 Å². The molecule has 0 bridgehead atoms. The fourth-order valence-electron chi connectivity index (χ4n) is 2.31. The molecule has 1 aromatic rings. The first-order chi connectivity index (χ1) is 8.19. The number of thiazole rings is 1. The van der Waals surface area contributed by atoms with Gasteiger partial charge in [0.15, 0.2) is 0 Å². The highest BCUT2D eigenvalue weighted by molar-refractivity contribution is 7.11. The van der Waals surface area contributed by atoms with Crippen molar-refractivity contribution in [3.63, 3.8) is 0 Å². The maximum Gasteiger partial charge on any atom is 0.109 e. The van der Waals surface area contributed by atoms with Crippen molar-refractivity contribution in [2.75, 3.05) is 6.61 Å². The molecule has 1 aliphatic rings. The molecular weight excluding hydrogens is 232 g/mol. The van der Waals surface area contributed by atoms with E-state index in [-0.39, 0.29) is 0 Å². The van der Waals surface area contributed by atoms with E-state index in [2.05, 4.69) is 31.1 Å². The van der Waals surface area contributed by atoms with E-state index in [4.69, 9.17) is 4.74 Å². The zero-order valence-corrected chi connectivity index (χ0v) is 11.7. The van der Waals surface area contributed by atoms with Crippen LogP contribution in [0.4, 0.5) is 0 Å². The Morgan fingerprint density at radius 1 is 1.65 bits per heavy atom. The van der Waals surface area contributed by atoms with Crippen molar-refractivity contribution >= 4 is 11.3 Å². The van der Waals surface area contributed by atoms with Gasteiger partial charge in [0, 0.05) is 23.7 Å². The van der Waals surface area contributed by atoms with Crippen molar-refractivity contribution < 1.29 is 4.74 Å². The topological polar surface area (TPSA) is 34.2 Å². The molecule has 96 valence electrons. The molecule has 3 nitrogen and oxygen atoms in total. The first-order valence-corrected chi connectivity index (χ1v) is 7.30. The van der Waals surface area contributed by atoms with Crippen LogP contribution < -0.4 is 5.32 Å². The summed E-state index contributed by atoms with van der Waals surface area (Å²) >= 11 is 1.79. The van der Waals surface area contributed by atoms with Gasteiger partial charge >= 0.3 is 0 Å². The number of nitrogens with zero attached hydrogens (tertiary/aromatic N) is 1. The molecule has 0 aliphatic carbocycles. The second kappa shape index (κ2) is 5.94. The fraction of sp³-hybridized carbons (Fsp3) is 0.769. The second-order valence-corrected chi connectivity index (χ2v) is 6.09. The highest BCUT2D eigenvalue weighted by atomic mass is 32.1. The van der Waals surface area contributed by atoms with Crippen molar-refractivity contribution in [2.24, 2.45) is 0 Å². The minimum atomic E-state index is 0.356. The van der Waals surface area contributed by atoms with E-state index in [0.717, 1.165) is 25.9 Å². The number of aromatic nitrogens is 1. The fourth-order valence-corrected chi connectivity index (χ4v) is 3.10. The standard InChI is InChI=1S/C13H22N2OS/c1-4-12-7-11(5-6-16-12)15-10(3)13-14-8-9(2)17-13/h8,10-12,15H,4-7H2,1-3H3. The third-order valence-electron chi connectivity index (χ3n) is 3.32. The van der Waals surface area contributed by atoms with Gasteiger partial charge in [-0.05, 0) is 33.1 Å².